The normalized spacial score (nSPS) is 10.5. The topological polar surface area (TPSA) is 59.4 Å². The third-order valence-electron chi connectivity index (χ3n) is 2.63. The first kappa shape index (κ1) is 11.7. The van der Waals surface area contributed by atoms with Crippen molar-refractivity contribution in [3.05, 3.63) is 34.5 Å². The maximum Gasteiger partial charge on any atom is 0.339 e. The van der Waals surface area contributed by atoms with Crippen LogP contribution in [-0.2, 0) is 0 Å². The summed E-state index contributed by atoms with van der Waals surface area (Å²) in [6.07, 6.45) is 0. The molecule has 2 rings (SSSR count). The second-order valence-electron chi connectivity index (χ2n) is 3.56. The average molecular weight is 252 g/mol. The molecule has 0 saturated carbocycles. The van der Waals surface area contributed by atoms with Gasteiger partial charge in [0.25, 0.3) is 0 Å². The van der Waals surface area contributed by atoms with E-state index in [0.717, 1.165) is 5.39 Å². The van der Waals surface area contributed by atoms with E-state index in [2.05, 4.69) is 4.98 Å². The number of ether oxygens (including phenoxy) is 1. The number of pyridine rings is 1. The van der Waals surface area contributed by atoms with Crippen LogP contribution in [0.1, 0.15) is 15.9 Å². The Morgan fingerprint density at radius 1 is 1.47 bits per heavy atom. The number of hydrogen-bond donors (Lipinski definition) is 1. The molecule has 0 fully saturated rings. The molecular formula is C12H10ClNO3. The van der Waals surface area contributed by atoms with Crippen LogP contribution in [0, 0.1) is 6.92 Å². The lowest BCUT2D eigenvalue weighted by molar-refractivity contribution is 0.0696. The Morgan fingerprint density at radius 2 is 2.18 bits per heavy atom. The number of benzene rings is 1. The number of carboxylic acid groups (broad SMARTS) is 1. The minimum Gasteiger partial charge on any atom is -0.494 e. The highest BCUT2D eigenvalue weighted by molar-refractivity contribution is 6.33. The molecule has 0 spiro atoms. The molecule has 17 heavy (non-hydrogen) atoms. The quantitative estimate of drug-likeness (QED) is 0.834. The highest BCUT2D eigenvalue weighted by Crippen LogP contribution is 2.31. The van der Waals surface area contributed by atoms with E-state index in [1.54, 1.807) is 25.1 Å². The van der Waals surface area contributed by atoms with Gasteiger partial charge in [-0.2, -0.15) is 0 Å². The molecule has 0 saturated heterocycles. The van der Waals surface area contributed by atoms with Crippen molar-refractivity contribution in [1.29, 1.82) is 0 Å². The molecule has 0 atom stereocenters. The molecule has 4 nitrogen and oxygen atoms in total. The number of aromatic carboxylic acids is 1. The molecule has 5 heteroatoms. The van der Waals surface area contributed by atoms with Crippen LogP contribution in [-0.4, -0.2) is 23.2 Å². The van der Waals surface area contributed by atoms with Gasteiger partial charge in [0.05, 0.1) is 7.11 Å². The van der Waals surface area contributed by atoms with Crippen molar-refractivity contribution in [2.45, 2.75) is 6.92 Å². The lowest BCUT2D eigenvalue weighted by Gasteiger charge is -2.10. The first-order valence-corrected chi connectivity index (χ1v) is 5.30. The number of aromatic nitrogens is 1. The van der Waals surface area contributed by atoms with Gasteiger partial charge in [0.15, 0.2) is 0 Å². The van der Waals surface area contributed by atoms with Gasteiger partial charge in [0.1, 0.15) is 22.0 Å². The SMILES string of the molecule is COc1cccc2c(C)c(C(=O)O)c(Cl)nc12. The Hall–Kier alpha value is -1.81. The van der Waals surface area contributed by atoms with Crippen LogP contribution in [0.15, 0.2) is 18.2 Å². The fourth-order valence-electron chi connectivity index (χ4n) is 1.80. The third-order valence-corrected chi connectivity index (χ3v) is 2.90. The lowest BCUT2D eigenvalue weighted by Crippen LogP contribution is -2.04. The van der Waals surface area contributed by atoms with Gasteiger partial charge in [-0.1, -0.05) is 23.7 Å². The summed E-state index contributed by atoms with van der Waals surface area (Å²) in [6, 6.07) is 5.34. The summed E-state index contributed by atoms with van der Waals surface area (Å²) in [6.45, 7) is 1.71. The molecule has 0 aliphatic carbocycles. The molecule has 1 N–H and O–H groups in total. The maximum atomic E-state index is 11.1. The molecule has 0 aliphatic rings. The number of nitrogens with zero attached hydrogens (tertiary/aromatic N) is 1. The maximum absolute atomic E-state index is 11.1. The summed E-state index contributed by atoms with van der Waals surface area (Å²) in [5.74, 6) is -0.505. The molecular weight excluding hydrogens is 242 g/mol. The zero-order valence-electron chi connectivity index (χ0n) is 9.32. The van der Waals surface area contributed by atoms with Crippen molar-refractivity contribution in [1.82, 2.24) is 4.98 Å². The number of halogens is 1. The number of carboxylic acids is 1. The summed E-state index contributed by atoms with van der Waals surface area (Å²) < 4.78 is 5.17. The van der Waals surface area contributed by atoms with Gasteiger partial charge in [0, 0.05) is 5.39 Å². The smallest absolute Gasteiger partial charge is 0.339 e. The molecule has 0 unspecified atom stereocenters. The van der Waals surface area contributed by atoms with Gasteiger partial charge >= 0.3 is 5.97 Å². The van der Waals surface area contributed by atoms with Crippen molar-refractivity contribution >= 4 is 28.5 Å². The molecule has 88 valence electrons. The fraction of sp³-hybridized carbons (Fsp3) is 0.167. The van der Waals surface area contributed by atoms with Crippen LogP contribution in [0.25, 0.3) is 10.9 Å². The summed E-state index contributed by atoms with van der Waals surface area (Å²) in [5, 5.41) is 9.78. The van der Waals surface area contributed by atoms with E-state index < -0.39 is 5.97 Å². The Balaban J connectivity index is 2.90. The Bertz CT molecular complexity index is 610. The van der Waals surface area contributed by atoms with Gasteiger partial charge in [-0.3, -0.25) is 0 Å². The van der Waals surface area contributed by atoms with E-state index in [4.69, 9.17) is 21.4 Å². The zero-order valence-corrected chi connectivity index (χ0v) is 10.1. The predicted molar refractivity (Wildman–Crippen MR) is 65.0 cm³/mol. The predicted octanol–water partition coefficient (Wildman–Crippen LogP) is 2.90. The Kier molecular flexibility index (Phi) is 2.90. The van der Waals surface area contributed by atoms with Gasteiger partial charge in [-0.25, -0.2) is 9.78 Å². The fourth-order valence-corrected chi connectivity index (χ4v) is 2.10. The number of aryl methyl sites for hydroxylation is 1. The van der Waals surface area contributed by atoms with E-state index in [0.29, 0.717) is 16.8 Å². The van der Waals surface area contributed by atoms with E-state index in [1.807, 2.05) is 0 Å². The Labute approximate surface area is 103 Å². The van der Waals surface area contributed by atoms with Crippen molar-refractivity contribution < 1.29 is 14.6 Å². The number of carbonyl (C=O) groups is 1. The average Bonchev–Trinajstić information content (AvgIpc) is 2.28. The largest absolute Gasteiger partial charge is 0.494 e. The number of para-hydroxylation sites is 1. The van der Waals surface area contributed by atoms with Gasteiger partial charge in [-0.15, -0.1) is 0 Å². The molecule has 1 heterocycles. The standard InChI is InChI=1S/C12H10ClNO3/c1-6-7-4-3-5-8(17-2)10(7)14-11(13)9(6)12(15)16/h3-5H,1-2H3,(H,15,16). The molecule has 0 bridgehead atoms. The minimum absolute atomic E-state index is 0.0213. The second kappa shape index (κ2) is 4.22. The highest BCUT2D eigenvalue weighted by Gasteiger charge is 2.18. The van der Waals surface area contributed by atoms with Crippen LogP contribution in [0.3, 0.4) is 0 Å². The monoisotopic (exact) mass is 251 g/mol. The van der Waals surface area contributed by atoms with Crippen molar-refractivity contribution in [2.75, 3.05) is 7.11 Å². The zero-order chi connectivity index (χ0) is 12.6. The summed E-state index contributed by atoms with van der Waals surface area (Å²) >= 11 is 5.88. The second-order valence-corrected chi connectivity index (χ2v) is 3.92. The van der Waals surface area contributed by atoms with E-state index in [1.165, 1.54) is 7.11 Å². The summed E-state index contributed by atoms with van der Waals surface area (Å²) in [7, 11) is 1.53. The molecule has 0 radical (unpaired) electrons. The van der Waals surface area contributed by atoms with Gasteiger partial charge < -0.3 is 9.84 Å². The lowest BCUT2D eigenvalue weighted by atomic mass is 10.0. The first-order chi connectivity index (χ1) is 8.06. The first-order valence-electron chi connectivity index (χ1n) is 4.92. The van der Waals surface area contributed by atoms with E-state index in [-0.39, 0.29) is 10.7 Å². The van der Waals surface area contributed by atoms with Crippen LogP contribution in [0.2, 0.25) is 5.15 Å². The van der Waals surface area contributed by atoms with Crippen molar-refractivity contribution in [2.24, 2.45) is 0 Å². The molecule has 1 aromatic carbocycles. The number of methoxy groups -OCH3 is 1. The third kappa shape index (κ3) is 1.80. The highest BCUT2D eigenvalue weighted by atomic mass is 35.5. The Morgan fingerprint density at radius 3 is 2.76 bits per heavy atom. The van der Waals surface area contributed by atoms with E-state index >= 15 is 0 Å². The molecule has 1 aromatic heterocycles. The molecule has 0 amide bonds. The molecule has 0 aliphatic heterocycles. The summed E-state index contributed by atoms with van der Waals surface area (Å²) in [5.41, 5.74) is 1.20. The van der Waals surface area contributed by atoms with Crippen molar-refractivity contribution in [3.63, 3.8) is 0 Å². The van der Waals surface area contributed by atoms with Crippen LogP contribution in [0.5, 0.6) is 5.75 Å². The van der Waals surface area contributed by atoms with Crippen LogP contribution < -0.4 is 4.74 Å². The number of rotatable bonds is 2. The molecule has 2 aromatic rings. The van der Waals surface area contributed by atoms with Crippen LogP contribution >= 0.6 is 11.6 Å². The van der Waals surface area contributed by atoms with Crippen molar-refractivity contribution in [3.8, 4) is 5.75 Å². The minimum atomic E-state index is -1.08. The number of fused-ring (bicyclic) bond motifs is 1. The number of hydrogen-bond acceptors (Lipinski definition) is 3. The van der Waals surface area contributed by atoms with E-state index in [9.17, 15) is 4.79 Å². The summed E-state index contributed by atoms with van der Waals surface area (Å²) in [4.78, 5) is 15.2. The van der Waals surface area contributed by atoms with Gasteiger partial charge in [0.2, 0.25) is 0 Å². The van der Waals surface area contributed by atoms with Crippen LogP contribution in [0.4, 0.5) is 0 Å². The van der Waals surface area contributed by atoms with Gasteiger partial charge in [-0.05, 0) is 18.6 Å².